The van der Waals surface area contributed by atoms with Gasteiger partial charge in [0.1, 0.15) is 11.5 Å². The van der Waals surface area contributed by atoms with Crippen LogP contribution in [0.4, 0.5) is 10.1 Å². The van der Waals surface area contributed by atoms with Crippen LogP contribution in [0.25, 0.3) is 10.4 Å². The number of carboxylic acids is 1. The monoisotopic (exact) mass is 513 g/mol. The normalized spacial score (nSPS) is 18.5. The molecule has 182 valence electrons. The summed E-state index contributed by atoms with van der Waals surface area (Å²) in [7, 11) is 0. The first-order valence-electron chi connectivity index (χ1n) is 11.6. The van der Waals surface area contributed by atoms with Crippen molar-refractivity contribution in [2.24, 2.45) is 5.41 Å². The summed E-state index contributed by atoms with van der Waals surface area (Å²) in [6.07, 6.45) is 4.12. The highest BCUT2D eigenvalue weighted by atomic mass is 35.5. The molecule has 2 aliphatic rings. The van der Waals surface area contributed by atoms with Gasteiger partial charge in [-0.15, -0.1) is 11.3 Å². The number of hydrogen-bond donors (Lipinski definition) is 2. The molecule has 0 radical (unpaired) electrons. The lowest BCUT2D eigenvalue weighted by atomic mass is 9.87. The van der Waals surface area contributed by atoms with E-state index in [0.717, 1.165) is 41.1 Å². The summed E-state index contributed by atoms with van der Waals surface area (Å²) in [6, 6.07) is 10.7. The van der Waals surface area contributed by atoms with E-state index in [4.69, 9.17) is 11.6 Å². The molecule has 6 nitrogen and oxygen atoms in total. The summed E-state index contributed by atoms with van der Waals surface area (Å²) >= 11 is 7.41. The van der Waals surface area contributed by atoms with Crippen molar-refractivity contribution >= 4 is 40.5 Å². The van der Waals surface area contributed by atoms with Crippen LogP contribution in [0.2, 0.25) is 5.02 Å². The zero-order valence-corrected chi connectivity index (χ0v) is 20.8. The van der Waals surface area contributed by atoms with Crippen LogP contribution < -0.4 is 5.32 Å². The van der Waals surface area contributed by atoms with Crippen molar-refractivity contribution in [3.05, 3.63) is 69.6 Å². The highest BCUT2D eigenvalue weighted by Crippen LogP contribution is 2.55. The molecule has 1 aliphatic carbocycles. The number of aromatic carboxylic acids is 1. The van der Waals surface area contributed by atoms with Crippen molar-refractivity contribution in [1.82, 2.24) is 9.88 Å². The third kappa shape index (κ3) is 4.90. The fourth-order valence-electron chi connectivity index (χ4n) is 4.91. The molecule has 2 heterocycles. The number of benzene rings is 2. The van der Waals surface area contributed by atoms with Gasteiger partial charge < -0.3 is 15.3 Å². The number of halogens is 2. The lowest BCUT2D eigenvalue weighted by Crippen LogP contribution is -2.50. The van der Waals surface area contributed by atoms with Crippen molar-refractivity contribution in [3.63, 3.8) is 0 Å². The van der Waals surface area contributed by atoms with E-state index in [0.29, 0.717) is 29.5 Å². The van der Waals surface area contributed by atoms with E-state index in [-0.39, 0.29) is 28.7 Å². The number of piperidine rings is 1. The van der Waals surface area contributed by atoms with Crippen LogP contribution in [-0.2, 0) is 0 Å². The second-order valence-corrected chi connectivity index (χ2v) is 11.0. The van der Waals surface area contributed by atoms with E-state index in [9.17, 15) is 19.1 Å². The van der Waals surface area contributed by atoms with E-state index in [2.05, 4.69) is 10.3 Å². The number of nitrogens with zero attached hydrogens (tertiary/aromatic N) is 2. The number of hydrogen-bond acceptors (Lipinski definition) is 5. The molecule has 1 saturated carbocycles. The minimum atomic E-state index is -1.06. The molecule has 2 aromatic carbocycles. The van der Waals surface area contributed by atoms with Crippen molar-refractivity contribution in [3.8, 4) is 10.4 Å². The molecule has 1 saturated heterocycles. The summed E-state index contributed by atoms with van der Waals surface area (Å²) in [6.45, 7) is 2.90. The van der Waals surface area contributed by atoms with Crippen LogP contribution in [-0.4, -0.2) is 46.0 Å². The number of carbonyl (C=O) groups excluding carboxylic acids is 1. The smallest absolute Gasteiger partial charge is 0.337 e. The van der Waals surface area contributed by atoms with Crippen LogP contribution in [0.15, 0.2) is 42.5 Å². The van der Waals surface area contributed by atoms with Gasteiger partial charge in [-0.25, -0.2) is 14.2 Å². The lowest BCUT2D eigenvalue weighted by molar-refractivity contribution is 0.0540. The second-order valence-electron chi connectivity index (χ2n) is 9.40. The van der Waals surface area contributed by atoms with E-state index in [1.54, 1.807) is 24.3 Å². The predicted octanol–water partition coefficient (Wildman–Crippen LogP) is 6.11. The first-order valence-corrected chi connectivity index (χ1v) is 12.8. The fourth-order valence-corrected chi connectivity index (χ4v) is 6.00. The Labute approximate surface area is 211 Å². The number of likely N-dealkylation sites (tertiary alicyclic amines) is 1. The number of thiazole rings is 1. The van der Waals surface area contributed by atoms with E-state index in [1.807, 2.05) is 11.8 Å². The molecule has 3 aromatic rings. The maximum absolute atomic E-state index is 13.8. The molecule has 35 heavy (non-hydrogen) atoms. The Morgan fingerprint density at radius 3 is 2.66 bits per heavy atom. The van der Waals surface area contributed by atoms with Gasteiger partial charge in [-0.3, -0.25) is 4.79 Å². The standard InChI is InChI=1S/C26H25ClFN3O3S/c1-15-30-22(23(35-15)16-2-5-18(28)6-3-16)24(32)31-11-10-26(8-9-26)13-19(31)14-29-21-7-4-17(27)12-20(21)25(33)34/h2-7,12,19,29H,8-11,13-14H2,1H3,(H,33,34). The van der Waals surface area contributed by atoms with Crippen molar-refractivity contribution < 1.29 is 19.1 Å². The summed E-state index contributed by atoms with van der Waals surface area (Å²) < 4.78 is 13.5. The molecule has 1 amide bonds. The van der Waals surface area contributed by atoms with Gasteiger partial charge in [0, 0.05) is 29.8 Å². The van der Waals surface area contributed by atoms with Crippen molar-refractivity contribution in [2.45, 2.75) is 38.6 Å². The quantitative estimate of drug-likeness (QED) is 0.416. The number of aryl methyl sites for hydroxylation is 1. The van der Waals surface area contributed by atoms with Gasteiger partial charge in [-0.05, 0) is 73.9 Å². The molecule has 9 heteroatoms. The topological polar surface area (TPSA) is 82.5 Å². The number of nitrogens with one attached hydrogen (secondary N) is 1. The van der Waals surface area contributed by atoms with Crippen LogP contribution in [0.1, 0.15) is 51.5 Å². The predicted molar refractivity (Wildman–Crippen MR) is 135 cm³/mol. The van der Waals surface area contributed by atoms with Crippen molar-refractivity contribution in [2.75, 3.05) is 18.4 Å². The van der Waals surface area contributed by atoms with E-state index >= 15 is 0 Å². The molecule has 1 unspecified atom stereocenters. The Kier molecular flexibility index (Phi) is 6.27. The number of aromatic nitrogens is 1. The molecular weight excluding hydrogens is 489 g/mol. The van der Waals surface area contributed by atoms with Gasteiger partial charge in [0.15, 0.2) is 0 Å². The number of carbonyl (C=O) groups is 2. The Morgan fingerprint density at radius 2 is 1.97 bits per heavy atom. The molecule has 1 spiro atoms. The average Bonchev–Trinajstić information content (AvgIpc) is 3.46. The lowest BCUT2D eigenvalue weighted by Gasteiger charge is -2.40. The Morgan fingerprint density at radius 1 is 1.23 bits per heavy atom. The summed E-state index contributed by atoms with van der Waals surface area (Å²) in [4.78, 5) is 32.7. The van der Waals surface area contributed by atoms with E-state index in [1.165, 1.54) is 29.5 Å². The number of amides is 1. The largest absolute Gasteiger partial charge is 0.478 e. The van der Waals surface area contributed by atoms with Crippen LogP contribution in [0, 0.1) is 18.2 Å². The Hall–Kier alpha value is -2.97. The first-order chi connectivity index (χ1) is 16.7. The molecule has 2 fully saturated rings. The molecule has 2 N–H and O–H groups in total. The fraction of sp³-hybridized carbons (Fsp3) is 0.346. The molecule has 0 bridgehead atoms. The third-order valence-corrected chi connectivity index (χ3v) is 8.25. The summed E-state index contributed by atoms with van der Waals surface area (Å²) in [5, 5.41) is 14.0. The first kappa shape index (κ1) is 23.8. The van der Waals surface area contributed by atoms with Gasteiger partial charge in [-0.1, -0.05) is 23.7 Å². The molecule has 1 aliphatic heterocycles. The molecule has 1 atom stereocenters. The van der Waals surface area contributed by atoms with Gasteiger partial charge >= 0.3 is 5.97 Å². The van der Waals surface area contributed by atoms with Gasteiger partial charge in [0.25, 0.3) is 5.91 Å². The number of rotatable bonds is 6. The van der Waals surface area contributed by atoms with Crippen LogP contribution >= 0.6 is 22.9 Å². The second kappa shape index (κ2) is 9.24. The maximum atomic E-state index is 13.8. The summed E-state index contributed by atoms with van der Waals surface area (Å²) in [5.74, 6) is -1.54. The Bertz CT molecular complexity index is 1290. The van der Waals surface area contributed by atoms with Crippen molar-refractivity contribution in [1.29, 1.82) is 0 Å². The highest BCUT2D eigenvalue weighted by molar-refractivity contribution is 7.15. The molecule has 1 aromatic heterocycles. The van der Waals surface area contributed by atoms with E-state index < -0.39 is 5.97 Å². The minimum Gasteiger partial charge on any atom is -0.478 e. The zero-order valence-electron chi connectivity index (χ0n) is 19.2. The zero-order chi connectivity index (χ0) is 24.7. The molecular formula is C26H25ClFN3O3S. The molecule has 5 rings (SSSR count). The van der Waals surface area contributed by atoms with Gasteiger partial charge in [-0.2, -0.15) is 0 Å². The highest BCUT2D eigenvalue weighted by Gasteiger charge is 2.49. The minimum absolute atomic E-state index is 0.0982. The summed E-state index contributed by atoms with van der Waals surface area (Å²) in [5.41, 5.74) is 1.99. The third-order valence-electron chi connectivity index (χ3n) is 6.99. The van der Waals surface area contributed by atoms with Gasteiger partial charge in [0.2, 0.25) is 0 Å². The Balaban J connectivity index is 1.41. The van der Waals surface area contributed by atoms with Crippen LogP contribution in [0.5, 0.6) is 0 Å². The maximum Gasteiger partial charge on any atom is 0.337 e. The SMILES string of the molecule is Cc1nc(C(=O)N2CCC3(CC3)CC2CNc2ccc(Cl)cc2C(=O)O)c(-c2ccc(F)cc2)s1. The number of anilines is 1. The average molecular weight is 514 g/mol. The van der Waals surface area contributed by atoms with Gasteiger partial charge in [0.05, 0.1) is 15.4 Å². The number of carboxylic acid groups (broad SMARTS) is 1. The van der Waals surface area contributed by atoms with Crippen LogP contribution in [0.3, 0.4) is 0 Å².